The van der Waals surface area contributed by atoms with E-state index in [1.54, 1.807) is 0 Å². The van der Waals surface area contributed by atoms with Crippen LogP contribution in [0.1, 0.15) is 11.1 Å². The van der Waals surface area contributed by atoms with E-state index in [1.807, 2.05) is 0 Å². The quantitative estimate of drug-likeness (QED) is 0.193. The van der Waals surface area contributed by atoms with Gasteiger partial charge in [-0.2, -0.15) is 0 Å². The third-order valence-electron chi connectivity index (χ3n) is 6.34. The number of rotatable bonds is 0. The highest BCUT2D eigenvalue weighted by atomic mass is 16.3. The van der Waals surface area contributed by atoms with Gasteiger partial charge in [0.1, 0.15) is 22.3 Å². The maximum absolute atomic E-state index is 6.38. The van der Waals surface area contributed by atoms with E-state index in [0.717, 1.165) is 33.1 Å². The van der Waals surface area contributed by atoms with Crippen LogP contribution in [0.25, 0.3) is 65.4 Å². The van der Waals surface area contributed by atoms with Gasteiger partial charge in [0.2, 0.25) is 0 Å². The molecule has 2 heteroatoms. The van der Waals surface area contributed by atoms with Gasteiger partial charge in [0, 0.05) is 32.3 Å². The molecule has 0 bridgehead atoms. The summed E-state index contributed by atoms with van der Waals surface area (Å²) in [7, 11) is 0. The van der Waals surface area contributed by atoms with Crippen molar-refractivity contribution in [1.82, 2.24) is 0 Å². The van der Waals surface area contributed by atoms with Crippen molar-refractivity contribution in [2.24, 2.45) is 0 Å². The second-order valence-electron chi connectivity index (χ2n) is 8.31. The fraction of sp³-hybridized carbons (Fsp3) is 0.0714. The Kier molecular flexibility index (Phi) is 2.91. The van der Waals surface area contributed by atoms with Crippen molar-refractivity contribution < 1.29 is 8.83 Å². The van der Waals surface area contributed by atoms with Crippen LogP contribution in [0.2, 0.25) is 0 Å². The summed E-state index contributed by atoms with van der Waals surface area (Å²) in [5, 5.41) is 9.58. The molecule has 2 aromatic heterocycles. The molecule has 2 heterocycles. The van der Waals surface area contributed by atoms with Crippen LogP contribution in [0.5, 0.6) is 0 Å². The Morgan fingerprint density at radius 2 is 0.900 bits per heavy atom. The summed E-state index contributed by atoms with van der Waals surface area (Å²) in [6.45, 7) is 4.26. The number of hydrogen-bond acceptors (Lipinski definition) is 2. The second kappa shape index (κ2) is 5.43. The Balaban J connectivity index is 1.94. The fourth-order valence-corrected chi connectivity index (χ4v) is 5.09. The Bertz CT molecular complexity index is 1680. The Morgan fingerprint density at radius 1 is 0.433 bits per heavy atom. The molecule has 0 radical (unpaired) electrons. The first kappa shape index (κ1) is 16.1. The third kappa shape index (κ3) is 1.93. The molecule has 0 aliphatic carbocycles. The second-order valence-corrected chi connectivity index (χ2v) is 8.31. The zero-order chi connectivity index (χ0) is 20.0. The lowest BCUT2D eigenvalue weighted by Gasteiger charge is -2.17. The zero-order valence-corrected chi connectivity index (χ0v) is 16.7. The van der Waals surface area contributed by atoms with E-state index in [4.69, 9.17) is 8.83 Å². The molecule has 0 saturated heterocycles. The van der Waals surface area contributed by atoms with E-state index >= 15 is 0 Å². The number of benzene rings is 5. The highest BCUT2D eigenvalue weighted by molar-refractivity contribution is 6.39. The first-order valence-electron chi connectivity index (χ1n) is 10.3. The predicted octanol–water partition coefficient (Wildman–Crippen LogP) is 8.41. The SMILES string of the molecule is Cc1ccc2oc3cccc4c3c(c2c1)c1cccc2oc3ccc(C)cc3c4c21. The van der Waals surface area contributed by atoms with Crippen molar-refractivity contribution >= 4 is 65.4 Å². The average Bonchev–Trinajstić information content (AvgIpc) is 2.76. The van der Waals surface area contributed by atoms with Crippen molar-refractivity contribution in [3.05, 3.63) is 83.9 Å². The summed E-state index contributed by atoms with van der Waals surface area (Å²) < 4.78 is 12.8. The van der Waals surface area contributed by atoms with E-state index in [0.29, 0.717) is 0 Å². The van der Waals surface area contributed by atoms with Gasteiger partial charge in [0.25, 0.3) is 0 Å². The van der Waals surface area contributed by atoms with Crippen LogP contribution in [0.4, 0.5) is 0 Å². The molecule has 0 saturated carbocycles. The Hall–Kier alpha value is -3.78. The van der Waals surface area contributed by atoms with Crippen molar-refractivity contribution in [2.45, 2.75) is 13.8 Å². The van der Waals surface area contributed by atoms with E-state index in [2.05, 4.69) is 86.6 Å². The Morgan fingerprint density at radius 3 is 1.37 bits per heavy atom. The normalized spacial score (nSPS) is 12.3. The van der Waals surface area contributed by atoms with Crippen LogP contribution in [-0.2, 0) is 0 Å². The van der Waals surface area contributed by atoms with Crippen molar-refractivity contribution in [3.8, 4) is 0 Å². The highest BCUT2D eigenvalue weighted by Gasteiger charge is 2.19. The van der Waals surface area contributed by atoms with Gasteiger partial charge in [0.15, 0.2) is 0 Å². The molecule has 5 aromatic carbocycles. The van der Waals surface area contributed by atoms with Crippen LogP contribution in [0.3, 0.4) is 0 Å². The van der Waals surface area contributed by atoms with Crippen molar-refractivity contribution in [2.75, 3.05) is 0 Å². The summed E-state index contributed by atoms with van der Waals surface area (Å²) >= 11 is 0. The molecule has 0 aliphatic rings. The smallest absolute Gasteiger partial charge is 0.135 e. The molecule has 0 N–H and O–H groups in total. The van der Waals surface area contributed by atoms with Gasteiger partial charge >= 0.3 is 0 Å². The van der Waals surface area contributed by atoms with Crippen LogP contribution in [-0.4, -0.2) is 0 Å². The molecule has 0 spiro atoms. The molecule has 142 valence electrons. The topological polar surface area (TPSA) is 26.3 Å². The minimum absolute atomic E-state index is 0.911. The summed E-state index contributed by atoms with van der Waals surface area (Å²) in [6, 6.07) is 25.6. The van der Waals surface area contributed by atoms with Crippen LogP contribution in [0, 0.1) is 13.8 Å². The molecule has 0 unspecified atom stereocenters. The molecule has 0 amide bonds. The minimum atomic E-state index is 0.911. The number of fused-ring (bicyclic) bond motifs is 6. The lowest BCUT2D eigenvalue weighted by molar-refractivity contribution is 0.661. The number of aryl methyl sites for hydroxylation is 2. The van der Waals surface area contributed by atoms with E-state index < -0.39 is 0 Å². The lowest BCUT2D eigenvalue weighted by Crippen LogP contribution is -1.90. The van der Waals surface area contributed by atoms with Gasteiger partial charge < -0.3 is 8.83 Å². The van der Waals surface area contributed by atoms with Gasteiger partial charge in [-0.25, -0.2) is 0 Å². The van der Waals surface area contributed by atoms with E-state index in [9.17, 15) is 0 Å². The maximum Gasteiger partial charge on any atom is 0.135 e. The summed E-state index contributed by atoms with van der Waals surface area (Å²) in [4.78, 5) is 0. The molecule has 2 nitrogen and oxygen atoms in total. The van der Waals surface area contributed by atoms with Crippen LogP contribution in [0.15, 0.2) is 81.6 Å². The molecular formula is C28H18O2. The van der Waals surface area contributed by atoms with Gasteiger partial charge in [-0.05, 0) is 61.0 Å². The minimum Gasteiger partial charge on any atom is -0.456 e. The van der Waals surface area contributed by atoms with E-state index in [1.165, 1.54) is 43.4 Å². The molecule has 0 atom stereocenters. The van der Waals surface area contributed by atoms with Gasteiger partial charge in [-0.1, -0.05) is 47.5 Å². The summed E-state index contributed by atoms with van der Waals surface area (Å²) in [6.07, 6.45) is 0. The average molecular weight is 386 g/mol. The standard InChI is InChI=1S/C28H18O2/c1-15-9-11-21-19(13-15)25-17-5-3-8-24-28(17)26(18-6-4-7-23(29-21)27(18)25)20-14-16(2)10-12-22(20)30-24/h3-14H,1-2H3. The van der Waals surface area contributed by atoms with Crippen molar-refractivity contribution in [3.63, 3.8) is 0 Å². The summed E-state index contributed by atoms with van der Waals surface area (Å²) in [5.41, 5.74) is 6.11. The number of hydrogen-bond donors (Lipinski definition) is 0. The van der Waals surface area contributed by atoms with Crippen LogP contribution >= 0.6 is 0 Å². The predicted molar refractivity (Wildman–Crippen MR) is 125 cm³/mol. The zero-order valence-electron chi connectivity index (χ0n) is 16.7. The Labute approximate surface area is 172 Å². The highest BCUT2D eigenvalue weighted by Crippen LogP contribution is 2.45. The molecule has 7 aromatic rings. The molecular weight excluding hydrogens is 368 g/mol. The molecule has 7 rings (SSSR count). The monoisotopic (exact) mass is 386 g/mol. The lowest BCUT2D eigenvalue weighted by atomic mass is 9.90. The van der Waals surface area contributed by atoms with Gasteiger partial charge in [-0.15, -0.1) is 0 Å². The summed E-state index contributed by atoms with van der Waals surface area (Å²) in [5.74, 6) is 0. The van der Waals surface area contributed by atoms with Crippen molar-refractivity contribution in [1.29, 1.82) is 0 Å². The largest absolute Gasteiger partial charge is 0.456 e. The third-order valence-corrected chi connectivity index (χ3v) is 6.34. The first-order valence-corrected chi connectivity index (χ1v) is 10.3. The fourth-order valence-electron chi connectivity index (χ4n) is 5.09. The van der Waals surface area contributed by atoms with Gasteiger partial charge in [-0.3, -0.25) is 0 Å². The van der Waals surface area contributed by atoms with Crippen LogP contribution < -0.4 is 0 Å². The maximum atomic E-state index is 6.38. The first-order chi connectivity index (χ1) is 14.7. The molecule has 30 heavy (non-hydrogen) atoms. The van der Waals surface area contributed by atoms with Gasteiger partial charge in [0.05, 0.1) is 0 Å². The van der Waals surface area contributed by atoms with E-state index in [-0.39, 0.29) is 0 Å². The molecule has 0 aliphatic heterocycles. The molecule has 0 fully saturated rings.